The van der Waals surface area contributed by atoms with Crippen LogP contribution in [0.15, 0.2) is 53.4 Å². The van der Waals surface area contributed by atoms with E-state index in [1.54, 1.807) is 12.1 Å². The van der Waals surface area contributed by atoms with Crippen LogP contribution in [0.1, 0.15) is 29.6 Å². The molecule has 7 nitrogen and oxygen atoms in total. The molecule has 0 saturated carbocycles. The summed E-state index contributed by atoms with van der Waals surface area (Å²) in [5.41, 5.74) is 0.403. The van der Waals surface area contributed by atoms with Gasteiger partial charge in [-0.2, -0.15) is 4.31 Å². The average Bonchev–Trinajstić information content (AvgIpc) is 2.78. The second-order valence-corrected chi connectivity index (χ2v) is 9.13. The maximum atomic E-state index is 12.7. The molecule has 29 heavy (non-hydrogen) atoms. The van der Waals surface area contributed by atoms with E-state index in [1.165, 1.54) is 16.4 Å². The van der Waals surface area contributed by atoms with Gasteiger partial charge in [-0.15, -0.1) is 0 Å². The van der Waals surface area contributed by atoms with Crippen LogP contribution >= 0.6 is 0 Å². The molecule has 0 aliphatic carbocycles. The summed E-state index contributed by atoms with van der Waals surface area (Å²) in [6.45, 7) is 1.75. The van der Waals surface area contributed by atoms with Gasteiger partial charge in [0.25, 0.3) is 5.91 Å². The van der Waals surface area contributed by atoms with Crippen molar-refractivity contribution in [2.75, 3.05) is 26.2 Å². The second-order valence-electron chi connectivity index (χ2n) is 7.20. The number of carbonyl (C=O) groups is 1. The quantitative estimate of drug-likeness (QED) is 0.809. The highest BCUT2D eigenvalue weighted by Crippen LogP contribution is 2.30. The summed E-state index contributed by atoms with van der Waals surface area (Å²) >= 11 is 0. The van der Waals surface area contributed by atoms with Crippen molar-refractivity contribution in [3.63, 3.8) is 0 Å². The van der Waals surface area contributed by atoms with Crippen molar-refractivity contribution in [1.82, 2.24) is 9.62 Å². The molecule has 0 radical (unpaired) electrons. The van der Waals surface area contributed by atoms with Crippen molar-refractivity contribution in [3.8, 4) is 11.5 Å². The molecule has 0 unspecified atom stereocenters. The van der Waals surface area contributed by atoms with Gasteiger partial charge in [-0.05, 0) is 49.2 Å². The molecule has 0 spiro atoms. The van der Waals surface area contributed by atoms with Crippen LogP contribution in [0.2, 0.25) is 0 Å². The smallest absolute Gasteiger partial charge is 0.251 e. The van der Waals surface area contributed by atoms with E-state index in [-0.39, 0.29) is 16.9 Å². The molecule has 1 saturated heterocycles. The zero-order valence-corrected chi connectivity index (χ0v) is 16.9. The Kier molecular flexibility index (Phi) is 5.73. The Labute approximate surface area is 170 Å². The summed E-state index contributed by atoms with van der Waals surface area (Å²) in [5, 5.41) is 2.82. The molecule has 8 heteroatoms. The number of nitrogens with one attached hydrogen (secondary N) is 1. The number of hydrogen-bond donors (Lipinski definition) is 1. The Morgan fingerprint density at radius 2 is 1.69 bits per heavy atom. The zero-order valence-electron chi connectivity index (χ0n) is 16.0. The molecular formula is C21H24N2O5S. The fourth-order valence-electron chi connectivity index (χ4n) is 3.50. The highest BCUT2D eigenvalue weighted by atomic mass is 32.2. The molecule has 1 fully saturated rings. The normalized spacial score (nSPS) is 19.5. The van der Waals surface area contributed by atoms with Crippen molar-refractivity contribution in [3.05, 3.63) is 54.1 Å². The molecule has 2 aromatic rings. The average molecular weight is 416 g/mol. The number of sulfonamides is 1. The molecule has 2 aromatic carbocycles. The lowest BCUT2D eigenvalue weighted by Crippen LogP contribution is -2.40. The highest BCUT2D eigenvalue weighted by molar-refractivity contribution is 7.89. The van der Waals surface area contributed by atoms with E-state index in [4.69, 9.17) is 9.47 Å². The number of hydrogen-bond acceptors (Lipinski definition) is 5. The SMILES string of the molecule is O=C(NC[C@H]1COc2ccccc2O1)c1ccc(S(=O)(=O)N2CCCCC2)cc1. The molecule has 2 aliphatic heterocycles. The molecule has 1 amide bonds. The van der Waals surface area contributed by atoms with Gasteiger partial charge in [0.15, 0.2) is 11.5 Å². The third-order valence-electron chi connectivity index (χ3n) is 5.13. The molecule has 1 N–H and O–H groups in total. The van der Waals surface area contributed by atoms with Crippen molar-refractivity contribution in [2.45, 2.75) is 30.3 Å². The van der Waals surface area contributed by atoms with E-state index >= 15 is 0 Å². The summed E-state index contributed by atoms with van der Waals surface area (Å²) < 4.78 is 38.4. The maximum Gasteiger partial charge on any atom is 0.251 e. The minimum absolute atomic E-state index is 0.219. The lowest BCUT2D eigenvalue weighted by atomic mass is 10.2. The first-order chi connectivity index (χ1) is 14.0. The van der Waals surface area contributed by atoms with E-state index < -0.39 is 10.0 Å². The second kappa shape index (κ2) is 8.42. The van der Waals surface area contributed by atoms with Gasteiger partial charge in [0.1, 0.15) is 12.7 Å². The molecule has 2 aliphatic rings. The Hall–Kier alpha value is -2.58. The maximum absolute atomic E-state index is 12.7. The largest absolute Gasteiger partial charge is 0.486 e. The molecule has 154 valence electrons. The van der Waals surface area contributed by atoms with E-state index in [2.05, 4.69) is 5.32 Å². The van der Waals surface area contributed by atoms with Crippen molar-refractivity contribution < 1.29 is 22.7 Å². The lowest BCUT2D eigenvalue weighted by Gasteiger charge is -2.26. The fraction of sp³-hybridized carbons (Fsp3) is 0.381. The topological polar surface area (TPSA) is 84.9 Å². The van der Waals surface area contributed by atoms with Gasteiger partial charge in [-0.25, -0.2) is 8.42 Å². The number of para-hydroxylation sites is 2. The summed E-state index contributed by atoms with van der Waals surface area (Å²) in [5.74, 6) is 1.07. The van der Waals surface area contributed by atoms with Crippen LogP contribution in [0, 0.1) is 0 Å². The van der Waals surface area contributed by atoms with E-state index in [9.17, 15) is 13.2 Å². The van der Waals surface area contributed by atoms with Crippen molar-refractivity contribution in [1.29, 1.82) is 0 Å². The lowest BCUT2D eigenvalue weighted by molar-refractivity contribution is 0.0789. The van der Waals surface area contributed by atoms with Gasteiger partial charge in [-0.3, -0.25) is 4.79 Å². The predicted octanol–water partition coefficient (Wildman–Crippen LogP) is 2.43. The first-order valence-electron chi connectivity index (χ1n) is 9.81. The Morgan fingerprint density at radius 3 is 2.41 bits per heavy atom. The molecule has 1 atom stereocenters. The third-order valence-corrected chi connectivity index (χ3v) is 7.04. The van der Waals surface area contributed by atoms with Gasteiger partial charge in [0, 0.05) is 18.7 Å². The van der Waals surface area contributed by atoms with Crippen LogP contribution < -0.4 is 14.8 Å². The standard InChI is InChI=1S/C21H24N2O5S/c24-21(22-14-17-15-27-19-6-2-3-7-20(19)28-17)16-8-10-18(11-9-16)29(25,26)23-12-4-1-5-13-23/h2-3,6-11,17H,1,4-5,12-15H2,(H,22,24)/t17-/m0/s1. The summed E-state index contributed by atoms with van der Waals surface area (Å²) in [6.07, 6.45) is 2.55. The molecule has 4 rings (SSSR count). The van der Waals surface area contributed by atoms with Gasteiger partial charge in [0.2, 0.25) is 10.0 Å². The van der Waals surface area contributed by atoms with Crippen molar-refractivity contribution in [2.24, 2.45) is 0 Å². The number of ether oxygens (including phenoxy) is 2. The van der Waals surface area contributed by atoms with Gasteiger partial charge >= 0.3 is 0 Å². The van der Waals surface area contributed by atoms with Crippen LogP contribution in [-0.2, 0) is 10.0 Å². The molecule has 2 heterocycles. The summed E-state index contributed by atoms with van der Waals surface area (Å²) in [7, 11) is -3.50. The van der Waals surface area contributed by atoms with Crippen LogP contribution in [0.4, 0.5) is 0 Å². The number of fused-ring (bicyclic) bond motifs is 1. The Morgan fingerprint density at radius 1 is 1.00 bits per heavy atom. The minimum Gasteiger partial charge on any atom is -0.486 e. The van der Waals surface area contributed by atoms with Crippen LogP contribution in [0.3, 0.4) is 0 Å². The first-order valence-corrected chi connectivity index (χ1v) is 11.2. The van der Waals surface area contributed by atoms with Crippen LogP contribution in [-0.4, -0.2) is 51.0 Å². The number of rotatable bonds is 5. The van der Waals surface area contributed by atoms with Gasteiger partial charge in [-0.1, -0.05) is 18.6 Å². The van der Waals surface area contributed by atoms with Crippen LogP contribution in [0.5, 0.6) is 11.5 Å². The minimum atomic E-state index is -3.50. The monoisotopic (exact) mass is 416 g/mol. The summed E-state index contributed by atoms with van der Waals surface area (Å²) in [4.78, 5) is 12.6. The Bertz CT molecular complexity index is 969. The van der Waals surface area contributed by atoms with E-state index in [0.717, 1.165) is 19.3 Å². The predicted molar refractivity (Wildman–Crippen MR) is 108 cm³/mol. The van der Waals surface area contributed by atoms with Gasteiger partial charge < -0.3 is 14.8 Å². The van der Waals surface area contributed by atoms with E-state index in [0.29, 0.717) is 43.3 Å². The van der Waals surface area contributed by atoms with E-state index in [1.807, 2.05) is 24.3 Å². The molecule has 0 aromatic heterocycles. The number of amides is 1. The van der Waals surface area contributed by atoms with Crippen LogP contribution in [0.25, 0.3) is 0 Å². The number of piperidine rings is 1. The fourth-order valence-corrected chi connectivity index (χ4v) is 5.02. The number of nitrogens with zero attached hydrogens (tertiary/aromatic N) is 1. The van der Waals surface area contributed by atoms with Crippen molar-refractivity contribution >= 4 is 15.9 Å². The first kappa shape index (κ1) is 19.7. The number of benzene rings is 2. The summed E-state index contributed by atoms with van der Waals surface area (Å²) in [6, 6.07) is 13.5. The van der Waals surface area contributed by atoms with Gasteiger partial charge in [0.05, 0.1) is 11.4 Å². The molecular weight excluding hydrogens is 392 g/mol. The Balaban J connectivity index is 1.35. The third kappa shape index (κ3) is 4.38. The highest BCUT2D eigenvalue weighted by Gasteiger charge is 2.26. The zero-order chi connectivity index (χ0) is 20.3. The molecule has 0 bridgehead atoms. The number of carbonyl (C=O) groups excluding carboxylic acids is 1.